The summed E-state index contributed by atoms with van der Waals surface area (Å²) in [5.74, 6) is -0.998. The predicted octanol–water partition coefficient (Wildman–Crippen LogP) is 1.41. The molecule has 0 fully saturated rings. The number of aromatic carboxylic acids is 1. The van der Waals surface area contributed by atoms with E-state index >= 15 is 0 Å². The molecule has 0 aromatic heterocycles. The smallest absolute Gasteiger partial charge is 0.335 e. The van der Waals surface area contributed by atoms with Crippen LogP contribution < -0.4 is 9.44 Å². The Morgan fingerprint density at radius 2 is 1.74 bits per heavy atom. The highest BCUT2D eigenvalue weighted by Gasteiger charge is 2.08. The summed E-state index contributed by atoms with van der Waals surface area (Å²) in [6, 6.07) is 9.51. The number of anilines is 1. The maximum atomic E-state index is 11.3. The largest absolute Gasteiger partial charge is 0.478 e. The fraction of sp³-hybridized carbons (Fsp3) is 0.0833. The highest BCUT2D eigenvalue weighted by Crippen LogP contribution is 2.21. The summed E-state index contributed by atoms with van der Waals surface area (Å²) >= 11 is 0. The first kappa shape index (κ1) is 13.3. The summed E-state index contributed by atoms with van der Waals surface area (Å²) in [5, 5.41) is 10.4. The summed E-state index contributed by atoms with van der Waals surface area (Å²) < 4.78 is 27.2. The van der Waals surface area contributed by atoms with E-state index in [0.717, 1.165) is 10.8 Å². The van der Waals surface area contributed by atoms with Crippen molar-refractivity contribution in [3.8, 4) is 0 Å². The fourth-order valence-corrected chi connectivity index (χ4v) is 2.19. The van der Waals surface area contributed by atoms with E-state index in [-0.39, 0.29) is 5.56 Å². The molecule has 0 amide bonds. The number of rotatable bonds is 4. The number of fused-ring (bicyclic) bond motifs is 1. The molecule has 3 N–H and O–H groups in total. The normalized spacial score (nSPS) is 11.4. The highest BCUT2D eigenvalue weighted by atomic mass is 32.2. The molecule has 0 radical (unpaired) electrons. The van der Waals surface area contributed by atoms with Gasteiger partial charge in [0.1, 0.15) is 0 Å². The van der Waals surface area contributed by atoms with Gasteiger partial charge in [-0.1, -0.05) is 12.1 Å². The Balaban J connectivity index is 2.42. The lowest BCUT2D eigenvalue weighted by Gasteiger charge is -2.07. The number of carboxylic acids is 1. The van der Waals surface area contributed by atoms with Crippen LogP contribution in [0.15, 0.2) is 36.4 Å². The van der Waals surface area contributed by atoms with E-state index in [9.17, 15) is 13.2 Å². The maximum Gasteiger partial charge on any atom is 0.335 e. The minimum Gasteiger partial charge on any atom is -0.478 e. The molecule has 0 unspecified atom stereocenters. The van der Waals surface area contributed by atoms with E-state index < -0.39 is 16.2 Å². The lowest BCUT2D eigenvalue weighted by atomic mass is 10.1. The molecular formula is C12H12N2O4S. The second-order valence-corrected chi connectivity index (χ2v) is 5.51. The van der Waals surface area contributed by atoms with Crippen molar-refractivity contribution in [1.29, 1.82) is 0 Å². The molecule has 2 aromatic carbocycles. The molecule has 2 aromatic rings. The molecule has 0 spiro atoms. The summed E-state index contributed by atoms with van der Waals surface area (Å²) in [6.45, 7) is 0. The Labute approximate surface area is 110 Å². The van der Waals surface area contributed by atoms with Crippen molar-refractivity contribution in [2.24, 2.45) is 0 Å². The van der Waals surface area contributed by atoms with E-state index in [2.05, 4.69) is 9.44 Å². The van der Waals surface area contributed by atoms with Crippen LogP contribution in [0.1, 0.15) is 10.4 Å². The molecule has 0 aliphatic rings. The molecule has 0 saturated carbocycles. The van der Waals surface area contributed by atoms with Gasteiger partial charge < -0.3 is 5.11 Å². The van der Waals surface area contributed by atoms with Gasteiger partial charge in [-0.05, 0) is 35.0 Å². The van der Waals surface area contributed by atoms with Crippen molar-refractivity contribution in [2.75, 3.05) is 11.8 Å². The minimum atomic E-state index is -3.56. The summed E-state index contributed by atoms with van der Waals surface area (Å²) in [4.78, 5) is 10.8. The second-order valence-electron chi connectivity index (χ2n) is 3.89. The average Bonchev–Trinajstić information content (AvgIpc) is 2.37. The van der Waals surface area contributed by atoms with Gasteiger partial charge in [-0.25, -0.2) is 9.52 Å². The van der Waals surface area contributed by atoms with Crippen LogP contribution in [-0.4, -0.2) is 26.5 Å². The molecule has 2 rings (SSSR count). The van der Waals surface area contributed by atoms with Gasteiger partial charge >= 0.3 is 5.97 Å². The first-order valence-electron chi connectivity index (χ1n) is 5.40. The van der Waals surface area contributed by atoms with Crippen LogP contribution in [0.25, 0.3) is 10.8 Å². The third kappa shape index (κ3) is 3.01. The number of carboxylic acid groups (broad SMARTS) is 1. The van der Waals surface area contributed by atoms with E-state index in [1.807, 2.05) is 0 Å². The molecule has 0 heterocycles. The first-order valence-corrected chi connectivity index (χ1v) is 6.88. The van der Waals surface area contributed by atoms with Crippen molar-refractivity contribution in [1.82, 2.24) is 4.72 Å². The quantitative estimate of drug-likeness (QED) is 0.789. The molecule has 0 saturated heterocycles. The van der Waals surface area contributed by atoms with Gasteiger partial charge in [-0.3, -0.25) is 4.72 Å². The lowest BCUT2D eigenvalue weighted by molar-refractivity contribution is 0.0697. The molecule has 0 aliphatic heterocycles. The van der Waals surface area contributed by atoms with E-state index in [1.165, 1.54) is 19.2 Å². The van der Waals surface area contributed by atoms with Gasteiger partial charge in [0, 0.05) is 7.05 Å². The molecular weight excluding hydrogens is 268 g/mol. The zero-order chi connectivity index (χ0) is 14.0. The third-order valence-corrected chi connectivity index (χ3v) is 3.65. The molecule has 100 valence electrons. The lowest BCUT2D eigenvalue weighted by Crippen LogP contribution is -2.26. The second kappa shape index (κ2) is 4.87. The predicted molar refractivity (Wildman–Crippen MR) is 72.5 cm³/mol. The Kier molecular flexibility index (Phi) is 3.41. The van der Waals surface area contributed by atoms with Crippen LogP contribution in [0.2, 0.25) is 0 Å². The van der Waals surface area contributed by atoms with Gasteiger partial charge in [-0.2, -0.15) is 8.42 Å². The van der Waals surface area contributed by atoms with Gasteiger partial charge in [0.05, 0.1) is 11.3 Å². The molecule has 19 heavy (non-hydrogen) atoms. The van der Waals surface area contributed by atoms with E-state index in [1.54, 1.807) is 24.3 Å². The third-order valence-electron chi connectivity index (χ3n) is 2.61. The van der Waals surface area contributed by atoms with Crippen LogP contribution in [-0.2, 0) is 10.2 Å². The average molecular weight is 280 g/mol. The number of hydrogen-bond acceptors (Lipinski definition) is 3. The van der Waals surface area contributed by atoms with Gasteiger partial charge in [0.2, 0.25) is 0 Å². The van der Waals surface area contributed by atoms with Crippen LogP contribution in [0, 0.1) is 0 Å². The molecule has 0 aliphatic carbocycles. The van der Waals surface area contributed by atoms with Crippen molar-refractivity contribution < 1.29 is 18.3 Å². The number of benzene rings is 2. The maximum absolute atomic E-state index is 11.3. The van der Waals surface area contributed by atoms with Gasteiger partial charge in [0.25, 0.3) is 10.2 Å². The number of nitrogens with one attached hydrogen (secondary N) is 2. The molecule has 0 atom stereocenters. The van der Waals surface area contributed by atoms with Crippen molar-refractivity contribution >= 4 is 32.6 Å². The van der Waals surface area contributed by atoms with Crippen LogP contribution in [0.4, 0.5) is 5.69 Å². The Hall–Kier alpha value is -2.12. The molecule has 6 nitrogen and oxygen atoms in total. The Morgan fingerprint density at radius 3 is 2.37 bits per heavy atom. The molecule has 0 bridgehead atoms. The van der Waals surface area contributed by atoms with Crippen molar-refractivity contribution in [3.63, 3.8) is 0 Å². The van der Waals surface area contributed by atoms with Crippen LogP contribution >= 0.6 is 0 Å². The van der Waals surface area contributed by atoms with Crippen molar-refractivity contribution in [2.45, 2.75) is 0 Å². The number of carbonyl (C=O) groups is 1. The molecule has 7 heteroatoms. The Bertz CT molecular complexity index is 740. The van der Waals surface area contributed by atoms with Gasteiger partial charge in [0.15, 0.2) is 0 Å². The highest BCUT2D eigenvalue weighted by molar-refractivity contribution is 7.90. The first-order chi connectivity index (χ1) is 8.91. The fourth-order valence-electron chi connectivity index (χ4n) is 1.65. The van der Waals surface area contributed by atoms with Crippen LogP contribution in [0.3, 0.4) is 0 Å². The van der Waals surface area contributed by atoms with E-state index in [4.69, 9.17) is 5.11 Å². The van der Waals surface area contributed by atoms with Crippen molar-refractivity contribution in [3.05, 3.63) is 42.0 Å². The minimum absolute atomic E-state index is 0.191. The zero-order valence-corrected chi connectivity index (χ0v) is 10.9. The Morgan fingerprint density at radius 1 is 1.11 bits per heavy atom. The van der Waals surface area contributed by atoms with E-state index in [0.29, 0.717) is 5.69 Å². The zero-order valence-electron chi connectivity index (χ0n) is 10.0. The monoisotopic (exact) mass is 280 g/mol. The number of hydrogen-bond donors (Lipinski definition) is 3. The summed E-state index contributed by atoms with van der Waals surface area (Å²) in [6.07, 6.45) is 0. The van der Waals surface area contributed by atoms with Gasteiger partial charge in [-0.15, -0.1) is 0 Å². The topological polar surface area (TPSA) is 95.5 Å². The standard InChI is InChI=1S/C12H12N2O4S/c1-13-19(17,18)14-11-5-4-8-6-10(12(15)16)3-2-9(8)7-11/h2-7,13-14H,1H3,(H,15,16). The van der Waals surface area contributed by atoms with Crippen LogP contribution in [0.5, 0.6) is 0 Å². The summed E-state index contributed by atoms with van der Waals surface area (Å²) in [7, 11) is -2.25. The summed E-state index contributed by atoms with van der Waals surface area (Å²) in [5.41, 5.74) is 0.598. The SMILES string of the molecule is CNS(=O)(=O)Nc1ccc2cc(C(=O)O)ccc2c1.